The fourth-order valence-electron chi connectivity index (χ4n) is 6.55. The minimum atomic E-state index is -0.314. The van der Waals surface area contributed by atoms with E-state index in [1.165, 1.54) is 29.5 Å². The third kappa shape index (κ3) is 2.40. The van der Waals surface area contributed by atoms with Crippen molar-refractivity contribution in [1.82, 2.24) is 0 Å². The number of halogens is 1. The van der Waals surface area contributed by atoms with Crippen LogP contribution in [0.1, 0.15) is 75.5 Å². The Hall–Kier alpha value is -1.02. The topological polar surface area (TPSA) is 26.3 Å². The quantitative estimate of drug-likeness (QED) is 0.589. The molecule has 136 valence electrons. The number of carbonyl (C=O) groups is 1. The van der Waals surface area contributed by atoms with E-state index in [0.29, 0.717) is 17.8 Å². The summed E-state index contributed by atoms with van der Waals surface area (Å²) in [5.41, 5.74) is 4.10. The lowest BCUT2D eigenvalue weighted by Crippen LogP contribution is -2.51. The van der Waals surface area contributed by atoms with Crippen LogP contribution in [-0.4, -0.2) is 11.6 Å². The second-order valence-electron chi connectivity index (χ2n) is 8.99. The maximum atomic E-state index is 11.7. The molecule has 0 radical (unpaired) electrons. The summed E-state index contributed by atoms with van der Waals surface area (Å²) < 4.78 is 5.90. The van der Waals surface area contributed by atoms with Crippen LogP contribution >= 0.6 is 11.6 Å². The lowest BCUT2D eigenvalue weighted by molar-refractivity contribution is -0.173. The van der Waals surface area contributed by atoms with Crippen molar-refractivity contribution in [1.29, 1.82) is 0 Å². The van der Waals surface area contributed by atoms with Crippen LogP contribution in [0.25, 0.3) is 0 Å². The van der Waals surface area contributed by atoms with E-state index in [9.17, 15) is 4.79 Å². The Kier molecular flexibility index (Phi) is 3.99. The van der Waals surface area contributed by atoms with E-state index in [1.807, 2.05) is 0 Å². The van der Waals surface area contributed by atoms with Gasteiger partial charge in [-0.3, -0.25) is 4.79 Å². The van der Waals surface area contributed by atoms with Crippen molar-refractivity contribution >= 4 is 17.6 Å². The van der Waals surface area contributed by atoms with E-state index in [2.05, 4.69) is 32.9 Å². The molecule has 0 bridgehead atoms. The molecule has 1 aromatic rings. The summed E-state index contributed by atoms with van der Waals surface area (Å²) in [5, 5.41) is 0.958. The Morgan fingerprint density at radius 2 is 1.96 bits per heavy atom. The van der Waals surface area contributed by atoms with Gasteiger partial charge in [0.2, 0.25) is 0 Å². The van der Waals surface area contributed by atoms with Crippen LogP contribution in [0.4, 0.5) is 0 Å². The first-order chi connectivity index (χ1) is 11.8. The van der Waals surface area contributed by atoms with Gasteiger partial charge in [-0.1, -0.05) is 24.6 Å². The molecule has 2 fully saturated rings. The highest BCUT2D eigenvalue weighted by molar-refractivity contribution is 6.31. The maximum Gasteiger partial charge on any atom is 0.303 e. The van der Waals surface area contributed by atoms with E-state index in [0.717, 1.165) is 30.7 Å². The Morgan fingerprint density at radius 3 is 2.68 bits per heavy atom. The van der Waals surface area contributed by atoms with E-state index in [4.69, 9.17) is 16.3 Å². The molecule has 2 nitrogen and oxygen atoms in total. The van der Waals surface area contributed by atoms with E-state index < -0.39 is 0 Å². The molecule has 0 N–H and O–H groups in total. The monoisotopic (exact) mass is 360 g/mol. The molecule has 2 saturated carbocycles. The SMILES string of the molecule is CC(=O)O[C@]1(C)CC[C@@H]2[C@@H]3CCc4c(C)ccc(Cl)c4[C@H]3CC[C@@]21C. The smallest absolute Gasteiger partial charge is 0.303 e. The third-order valence-electron chi connectivity index (χ3n) is 7.97. The average Bonchev–Trinajstić information content (AvgIpc) is 2.81. The third-order valence-corrected chi connectivity index (χ3v) is 8.30. The van der Waals surface area contributed by atoms with E-state index >= 15 is 0 Å². The summed E-state index contributed by atoms with van der Waals surface area (Å²) in [6.45, 7) is 8.31. The van der Waals surface area contributed by atoms with Gasteiger partial charge in [-0.25, -0.2) is 0 Å². The maximum absolute atomic E-state index is 11.7. The van der Waals surface area contributed by atoms with Crippen LogP contribution in [0, 0.1) is 24.2 Å². The zero-order valence-corrected chi connectivity index (χ0v) is 16.6. The van der Waals surface area contributed by atoms with Crippen LogP contribution in [0.3, 0.4) is 0 Å². The van der Waals surface area contributed by atoms with Crippen molar-refractivity contribution < 1.29 is 9.53 Å². The number of benzene rings is 1. The molecule has 5 atom stereocenters. The molecule has 3 heteroatoms. The minimum absolute atomic E-state index is 0.0909. The second-order valence-corrected chi connectivity index (χ2v) is 9.40. The fourth-order valence-corrected chi connectivity index (χ4v) is 6.87. The molecule has 3 aliphatic rings. The molecular formula is C22H29ClO2. The Labute approximate surface area is 156 Å². The van der Waals surface area contributed by atoms with Gasteiger partial charge in [-0.2, -0.15) is 0 Å². The summed E-state index contributed by atoms with van der Waals surface area (Å²) in [4.78, 5) is 11.7. The van der Waals surface area contributed by atoms with Crippen LogP contribution in [0.5, 0.6) is 0 Å². The normalized spacial score (nSPS) is 39.3. The summed E-state index contributed by atoms with van der Waals surface area (Å²) in [5.74, 6) is 1.73. The van der Waals surface area contributed by atoms with Crippen molar-refractivity contribution in [3.8, 4) is 0 Å². The highest BCUT2D eigenvalue weighted by Crippen LogP contribution is 2.65. The molecule has 4 rings (SSSR count). The van der Waals surface area contributed by atoms with Crippen LogP contribution in [-0.2, 0) is 16.0 Å². The number of esters is 1. The van der Waals surface area contributed by atoms with Gasteiger partial charge in [-0.15, -0.1) is 0 Å². The van der Waals surface area contributed by atoms with Crippen LogP contribution < -0.4 is 0 Å². The van der Waals surface area contributed by atoms with Gasteiger partial charge >= 0.3 is 5.97 Å². The average molecular weight is 361 g/mol. The van der Waals surface area contributed by atoms with E-state index in [-0.39, 0.29) is 17.0 Å². The number of rotatable bonds is 1. The molecule has 0 amide bonds. The lowest BCUT2D eigenvalue weighted by Gasteiger charge is -2.53. The highest BCUT2D eigenvalue weighted by atomic mass is 35.5. The van der Waals surface area contributed by atoms with Gasteiger partial charge in [0.1, 0.15) is 5.60 Å². The molecule has 3 aliphatic carbocycles. The molecule has 1 aromatic carbocycles. The number of hydrogen-bond acceptors (Lipinski definition) is 2. The predicted molar refractivity (Wildman–Crippen MR) is 101 cm³/mol. The lowest BCUT2D eigenvalue weighted by atomic mass is 9.53. The Bertz CT molecular complexity index is 727. The molecule has 0 aromatic heterocycles. The zero-order valence-electron chi connectivity index (χ0n) is 15.8. The van der Waals surface area contributed by atoms with Gasteiger partial charge in [0.15, 0.2) is 0 Å². The van der Waals surface area contributed by atoms with Gasteiger partial charge in [0.05, 0.1) is 0 Å². The molecule has 0 unspecified atom stereocenters. The number of carbonyl (C=O) groups excluding carboxylic acids is 1. The van der Waals surface area contributed by atoms with Gasteiger partial charge < -0.3 is 4.74 Å². The molecule has 0 saturated heterocycles. The van der Waals surface area contributed by atoms with Crippen molar-refractivity contribution in [2.45, 2.75) is 77.7 Å². The number of fused-ring (bicyclic) bond motifs is 5. The number of ether oxygens (including phenoxy) is 1. The van der Waals surface area contributed by atoms with E-state index in [1.54, 1.807) is 6.92 Å². The van der Waals surface area contributed by atoms with Crippen LogP contribution in [0.15, 0.2) is 12.1 Å². The molecule has 0 heterocycles. The first-order valence-electron chi connectivity index (χ1n) is 9.74. The first-order valence-corrected chi connectivity index (χ1v) is 10.1. The van der Waals surface area contributed by atoms with Gasteiger partial charge in [0.25, 0.3) is 0 Å². The van der Waals surface area contributed by atoms with Crippen molar-refractivity contribution in [3.05, 3.63) is 33.8 Å². The van der Waals surface area contributed by atoms with Gasteiger partial charge in [-0.05, 0) is 92.9 Å². The summed E-state index contributed by atoms with van der Waals surface area (Å²) in [6, 6.07) is 4.26. The summed E-state index contributed by atoms with van der Waals surface area (Å²) in [7, 11) is 0. The molecular weight excluding hydrogens is 332 g/mol. The summed E-state index contributed by atoms with van der Waals surface area (Å²) in [6.07, 6.45) is 6.82. The molecule has 25 heavy (non-hydrogen) atoms. The van der Waals surface area contributed by atoms with Crippen molar-refractivity contribution in [3.63, 3.8) is 0 Å². The largest absolute Gasteiger partial charge is 0.459 e. The Balaban J connectivity index is 1.71. The fraction of sp³-hybridized carbons (Fsp3) is 0.682. The highest BCUT2D eigenvalue weighted by Gasteiger charge is 2.62. The Morgan fingerprint density at radius 1 is 1.20 bits per heavy atom. The van der Waals surface area contributed by atoms with Crippen molar-refractivity contribution in [2.24, 2.45) is 17.3 Å². The predicted octanol–water partition coefficient (Wildman–Crippen LogP) is 5.83. The second kappa shape index (κ2) is 5.74. The minimum Gasteiger partial charge on any atom is -0.459 e. The van der Waals surface area contributed by atoms with Gasteiger partial charge in [0, 0.05) is 17.4 Å². The molecule has 0 aliphatic heterocycles. The molecule has 0 spiro atoms. The zero-order chi connectivity index (χ0) is 18.0. The van der Waals surface area contributed by atoms with Crippen LogP contribution in [0.2, 0.25) is 5.02 Å². The number of aryl methyl sites for hydroxylation is 1. The summed E-state index contributed by atoms with van der Waals surface area (Å²) >= 11 is 6.67. The van der Waals surface area contributed by atoms with Crippen molar-refractivity contribution in [2.75, 3.05) is 0 Å². The number of hydrogen-bond donors (Lipinski definition) is 0. The first kappa shape index (κ1) is 17.4. The standard InChI is InChI=1S/C22H29ClO2/c1-13-5-8-19(23)20-15(13)6-7-16-17(20)9-11-21(3)18(16)10-12-22(21,4)25-14(2)24/h5,8,16-18H,6-7,9-12H2,1-4H3/t16-,17+,18-,21+,22-/m1/s1.